The normalized spacial score (nSPS) is 12.2. The predicted octanol–water partition coefficient (Wildman–Crippen LogP) is 7.59. The SMILES string of the molecule is CCOC(=O)c1ccc2c(c1)c1ccccc1c1c2c2ccccc2n1COCC[Si](C)(C)C. The Morgan fingerprint density at radius 2 is 1.56 bits per heavy atom. The Bertz CT molecular complexity index is 1530. The standard InChI is InChI=1S/C29H31NO3Si/c1-5-33-29(31)20-14-15-22-25(18-20)21-10-6-7-11-23(21)28-27(22)24-12-8-9-13-26(24)30(28)19-32-16-17-34(2,3)4/h6-15,18H,5,16-17,19H2,1-4H3. The first-order valence-corrected chi connectivity index (χ1v) is 15.7. The molecule has 0 unspecified atom stereocenters. The van der Waals surface area contributed by atoms with Gasteiger partial charge in [0.25, 0.3) is 0 Å². The topological polar surface area (TPSA) is 40.5 Å². The lowest BCUT2D eigenvalue weighted by molar-refractivity contribution is 0.0526. The summed E-state index contributed by atoms with van der Waals surface area (Å²) in [6, 6.07) is 24.1. The van der Waals surface area contributed by atoms with E-state index in [0.717, 1.165) is 39.7 Å². The second-order valence-electron chi connectivity index (χ2n) is 10.0. The number of benzene rings is 4. The molecule has 0 bridgehead atoms. The summed E-state index contributed by atoms with van der Waals surface area (Å²) < 4.78 is 13.8. The van der Waals surface area contributed by atoms with Gasteiger partial charge < -0.3 is 14.0 Å². The minimum Gasteiger partial charge on any atom is -0.462 e. The van der Waals surface area contributed by atoms with E-state index in [2.05, 4.69) is 78.8 Å². The van der Waals surface area contributed by atoms with Crippen molar-refractivity contribution in [3.05, 3.63) is 72.3 Å². The number of esters is 1. The quantitative estimate of drug-likeness (QED) is 0.107. The van der Waals surface area contributed by atoms with Crippen molar-refractivity contribution in [2.45, 2.75) is 39.3 Å². The zero-order valence-corrected chi connectivity index (χ0v) is 21.4. The van der Waals surface area contributed by atoms with Crippen molar-refractivity contribution in [2.24, 2.45) is 0 Å². The highest BCUT2D eigenvalue weighted by molar-refractivity contribution is 6.76. The maximum atomic E-state index is 12.5. The van der Waals surface area contributed by atoms with Crippen LogP contribution in [-0.2, 0) is 16.2 Å². The third-order valence-corrected chi connectivity index (χ3v) is 8.16. The molecule has 0 aliphatic rings. The van der Waals surface area contributed by atoms with E-state index in [9.17, 15) is 4.79 Å². The molecule has 0 saturated carbocycles. The number of nitrogens with zero attached hydrogens (tertiary/aromatic N) is 1. The Balaban J connectivity index is 1.78. The third kappa shape index (κ3) is 3.99. The number of fused-ring (bicyclic) bond motifs is 8. The molecule has 0 aliphatic heterocycles. The molecule has 0 radical (unpaired) electrons. The fraction of sp³-hybridized carbons (Fsp3) is 0.276. The van der Waals surface area contributed by atoms with Crippen molar-refractivity contribution in [2.75, 3.05) is 13.2 Å². The number of para-hydroxylation sites is 1. The molecule has 174 valence electrons. The Labute approximate surface area is 201 Å². The lowest BCUT2D eigenvalue weighted by atomic mass is 9.95. The molecule has 5 rings (SSSR count). The van der Waals surface area contributed by atoms with E-state index in [1.54, 1.807) is 0 Å². The second-order valence-corrected chi connectivity index (χ2v) is 15.7. The van der Waals surface area contributed by atoms with Gasteiger partial charge >= 0.3 is 5.97 Å². The van der Waals surface area contributed by atoms with Crippen molar-refractivity contribution < 1.29 is 14.3 Å². The Morgan fingerprint density at radius 1 is 0.853 bits per heavy atom. The van der Waals surface area contributed by atoms with E-state index in [0.29, 0.717) is 18.9 Å². The molecule has 5 aromatic rings. The number of hydrogen-bond donors (Lipinski definition) is 0. The average molecular weight is 470 g/mol. The van der Waals surface area contributed by atoms with Crippen LogP contribution in [0.3, 0.4) is 0 Å². The van der Waals surface area contributed by atoms with Crippen molar-refractivity contribution >= 4 is 57.4 Å². The van der Waals surface area contributed by atoms with Crippen LogP contribution >= 0.6 is 0 Å². The summed E-state index contributed by atoms with van der Waals surface area (Å²) in [5.74, 6) is -0.285. The van der Waals surface area contributed by atoms with Gasteiger partial charge in [-0.25, -0.2) is 4.79 Å². The highest BCUT2D eigenvalue weighted by atomic mass is 28.3. The molecule has 0 spiro atoms. The smallest absolute Gasteiger partial charge is 0.338 e. The predicted molar refractivity (Wildman–Crippen MR) is 145 cm³/mol. The highest BCUT2D eigenvalue weighted by Gasteiger charge is 2.19. The number of hydrogen-bond acceptors (Lipinski definition) is 3. The van der Waals surface area contributed by atoms with Crippen LogP contribution in [0.2, 0.25) is 25.7 Å². The van der Waals surface area contributed by atoms with E-state index in [4.69, 9.17) is 9.47 Å². The minimum atomic E-state index is -1.16. The molecular weight excluding hydrogens is 438 g/mol. The maximum absolute atomic E-state index is 12.5. The fourth-order valence-electron chi connectivity index (χ4n) is 4.78. The van der Waals surface area contributed by atoms with Crippen molar-refractivity contribution in [1.82, 2.24) is 4.57 Å². The molecule has 0 atom stereocenters. The second kappa shape index (κ2) is 8.89. The monoisotopic (exact) mass is 469 g/mol. The summed E-state index contributed by atoms with van der Waals surface area (Å²) in [6.07, 6.45) is 0. The van der Waals surface area contributed by atoms with Gasteiger partial charge in [0.15, 0.2) is 0 Å². The largest absolute Gasteiger partial charge is 0.462 e. The van der Waals surface area contributed by atoms with Gasteiger partial charge in [-0.2, -0.15) is 0 Å². The van der Waals surface area contributed by atoms with Crippen LogP contribution in [-0.4, -0.2) is 31.8 Å². The first kappa shape index (κ1) is 22.6. The van der Waals surface area contributed by atoms with Gasteiger partial charge in [-0.1, -0.05) is 68.2 Å². The van der Waals surface area contributed by atoms with Crippen LogP contribution < -0.4 is 0 Å². The van der Waals surface area contributed by atoms with Crippen LogP contribution in [0.4, 0.5) is 0 Å². The van der Waals surface area contributed by atoms with Crippen LogP contribution in [0.1, 0.15) is 17.3 Å². The van der Waals surface area contributed by atoms with E-state index in [1.807, 2.05) is 19.1 Å². The zero-order chi connectivity index (χ0) is 23.9. The van der Waals surface area contributed by atoms with E-state index < -0.39 is 8.07 Å². The number of aromatic nitrogens is 1. The molecule has 5 heteroatoms. The van der Waals surface area contributed by atoms with Crippen LogP contribution in [0, 0.1) is 0 Å². The van der Waals surface area contributed by atoms with Crippen LogP contribution in [0.25, 0.3) is 43.4 Å². The summed E-state index contributed by atoms with van der Waals surface area (Å²) in [4.78, 5) is 12.5. The van der Waals surface area contributed by atoms with Crippen LogP contribution in [0.5, 0.6) is 0 Å². The number of ether oxygens (including phenoxy) is 2. The van der Waals surface area contributed by atoms with Crippen molar-refractivity contribution in [1.29, 1.82) is 0 Å². The number of rotatable bonds is 7. The maximum Gasteiger partial charge on any atom is 0.338 e. The minimum absolute atomic E-state index is 0.285. The first-order chi connectivity index (χ1) is 16.4. The highest BCUT2D eigenvalue weighted by Crippen LogP contribution is 2.41. The molecule has 0 N–H and O–H groups in total. The van der Waals surface area contributed by atoms with Gasteiger partial charge in [-0.15, -0.1) is 0 Å². The van der Waals surface area contributed by atoms with E-state index in [1.165, 1.54) is 16.3 Å². The van der Waals surface area contributed by atoms with Gasteiger partial charge in [0.2, 0.25) is 0 Å². The Kier molecular flexibility index (Phi) is 5.92. The number of carbonyl (C=O) groups is 1. The van der Waals surface area contributed by atoms with Crippen LogP contribution in [0.15, 0.2) is 66.7 Å². The summed E-state index contributed by atoms with van der Waals surface area (Å²) in [6.45, 7) is 10.6. The lowest BCUT2D eigenvalue weighted by Gasteiger charge is -2.17. The summed E-state index contributed by atoms with van der Waals surface area (Å²) >= 11 is 0. The Hall–Kier alpha value is -3.15. The molecule has 0 amide bonds. The summed E-state index contributed by atoms with van der Waals surface area (Å²) in [5, 5.41) is 6.90. The van der Waals surface area contributed by atoms with Gasteiger partial charge in [0.1, 0.15) is 6.73 Å². The fourth-order valence-corrected chi connectivity index (χ4v) is 5.53. The van der Waals surface area contributed by atoms with Gasteiger partial charge in [0, 0.05) is 30.8 Å². The first-order valence-electron chi connectivity index (χ1n) is 12.0. The van der Waals surface area contributed by atoms with Gasteiger partial charge in [0.05, 0.1) is 23.2 Å². The molecule has 4 aromatic carbocycles. The molecule has 1 heterocycles. The molecule has 0 saturated heterocycles. The average Bonchev–Trinajstić information content (AvgIpc) is 3.16. The zero-order valence-electron chi connectivity index (χ0n) is 20.4. The van der Waals surface area contributed by atoms with E-state index in [-0.39, 0.29) is 5.97 Å². The van der Waals surface area contributed by atoms with Gasteiger partial charge in [-0.05, 0) is 47.3 Å². The lowest BCUT2D eigenvalue weighted by Crippen LogP contribution is -2.22. The molecule has 1 aromatic heterocycles. The van der Waals surface area contributed by atoms with Crippen molar-refractivity contribution in [3.63, 3.8) is 0 Å². The molecular formula is C29H31NO3Si. The molecule has 0 aliphatic carbocycles. The molecule has 0 fully saturated rings. The Morgan fingerprint density at radius 3 is 2.29 bits per heavy atom. The molecule has 34 heavy (non-hydrogen) atoms. The van der Waals surface area contributed by atoms with Gasteiger partial charge in [-0.3, -0.25) is 0 Å². The van der Waals surface area contributed by atoms with E-state index >= 15 is 0 Å². The number of carbonyl (C=O) groups excluding carboxylic acids is 1. The summed E-state index contributed by atoms with van der Waals surface area (Å²) in [7, 11) is -1.16. The summed E-state index contributed by atoms with van der Waals surface area (Å²) in [5.41, 5.74) is 2.93. The molecule has 4 nitrogen and oxygen atoms in total. The third-order valence-electron chi connectivity index (χ3n) is 6.46. The van der Waals surface area contributed by atoms with Crippen molar-refractivity contribution in [3.8, 4) is 0 Å².